The molecule has 0 radical (unpaired) electrons. The Morgan fingerprint density at radius 1 is 1.40 bits per heavy atom. The molecule has 1 aliphatic carbocycles. The average Bonchev–Trinajstić information content (AvgIpc) is 2.27. The van der Waals surface area contributed by atoms with E-state index in [2.05, 4.69) is 6.20 Å². The van der Waals surface area contributed by atoms with Crippen molar-refractivity contribution in [1.29, 1.82) is 0 Å². The van der Waals surface area contributed by atoms with Crippen LogP contribution in [0.3, 0.4) is 0 Å². The van der Waals surface area contributed by atoms with Crippen LogP contribution in [-0.4, -0.2) is 0 Å². The van der Waals surface area contributed by atoms with Gasteiger partial charge in [0.1, 0.15) is 0 Å². The van der Waals surface area contributed by atoms with Gasteiger partial charge in [-0.25, -0.2) is 4.52 Å². The van der Waals surface area contributed by atoms with Gasteiger partial charge >= 0.3 is 0 Å². The number of aromatic nitrogens is 1. The Morgan fingerprint density at radius 3 is 3.00 bits per heavy atom. The summed E-state index contributed by atoms with van der Waals surface area (Å²) in [5.74, 6) is 1.20. The molecule has 1 aromatic rings. The SMILES string of the molecule is C[n+]1cc2c(o1)CCCC2. The van der Waals surface area contributed by atoms with Crippen LogP contribution in [0.4, 0.5) is 0 Å². The third kappa shape index (κ3) is 0.838. The number of aryl methyl sites for hydroxylation is 3. The van der Waals surface area contributed by atoms with Gasteiger partial charge in [-0.3, -0.25) is 0 Å². The lowest BCUT2D eigenvalue weighted by Crippen LogP contribution is -2.22. The van der Waals surface area contributed by atoms with E-state index in [1.54, 1.807) is 4.74 Å². The van der Waals surface area contributed by atoms with E-state index in [4.69, 9.17) is 4.52 Å². The summed E-state index contributed by atoms with van der Waals surface area (Å²) in [6, 6.07) is 0. The van der Waals surface area contributed by atoms with Gasteiger partial charge in [-0.1, -0.05) is 0 Å². The van der Waals surface area contributed by atoms with Crippen molar-refractivity contribution in [3.05, 3.63) is 17.5 Å². The molecule has 0 aromatic carbocycles. The first-order valence-electron chi connectivity index (χ1n) is 3.84. The summed E-state index contributed by atoms with van der Waals surface area (Å²) in [5.41, 5.74) is 1.41. The fourth-order valence-corrected chi connectivity index (χ4v) is 1.56. The zero-order valence-corrected chi connectivity index (χ0v) is 6.26. The molecule has 0 spiro atoms. The van der Waals surface area contributed by atoms with Gasteiger partial charge in [0.05, 0.1) is 5.56 Å². The maximum absolute atomic E-state index is 5.42. The molecule has 0 saturated heterocycles. The molecule has 0 amide bonds. The van der Waals surface area contributed by atoms with Crippen molar-refractivity contribution >= 4 is 0 Å². The first-order valence-corrected chi connectivity index (χ1v) is 3.84. The fraction of sp³-hybridized carbons (Fsp3) is 0.625. The van der Waals surface area contributed by atoms with E-state index in [9.17, 15) is 0 Å². The van der Waals surface area contributed by atoms with Gasteiger partial charge in [-0.05, 0) is 24.0 Å². The number of nitrogens with zero attached hydrogens (tertiary/aromatic N) is 1. The van der Waals surface area contributed by atoms with Gasteiger partial charge in [-0.2, -0.15) is 0 Å². The van der Waals surface area contributed by atoms with Crippen molar-refractivity contribution in [2.75, 3.05) is 0 Å². The highest BCUT2D eigenvalue weighted by Gasteiger charge is 2.18. The monoisotopic (exact) mass is 138 g/mol. The summed E-state index contributed by atoms with van der Waals surface area (Å²) in [4.78, 5) is 0. The van der Waals surface area contributed by atoms with Crippen LogP contribution in [0.2, 0.25) is 0 Å². The van der Waals surface area contributed by atoms with Crippen molar-refractivity contribution in [2.24, 2.45) is 7.05 Å². The Kier molecular flexibility index (Phi) is 1.26. The minimum atomic E-state index is 1.14. The Morgan fingerprint density at radius 2 is 2.20 bits per heavy atom. The van der Waals surface area contributed by atoms with Crippen LogP contribution in [0.5, 0.6) is 0 Å². The van der Waals surface area contributed by atoms with E-state index in [0.29, 0.717) is 0 Å². The standard InChI is InChI=1S/C8H12NO/c1-9-6-7-4-2-3-5-8(7)10-9/h6H,2-5H2,1H3/q+1. The van der Waals surface area contributed by atoms with Crippen molar-refractivity contribution in [3.8, 4) is 0 Å². The van der Waals surface area contributed by atoms with E-state index in [0.717, 1.165) is 6.42 Å². The third-order valence-corrected chi connectivity index (χ3v) is 2.05. The lowest BCUT2D eigenvalue weighted by molar-refractivity contribution is -0.846. The maximum atomic E-state index is 5.42. The second-order valence-electron chi connectivity index (χ2n) is 2.92. The molecule has 2 heteroatoms. The first kappa shape index (κ1) is 5.96. The van der Waals surface area contributed by atoms with Crippen LogP contribution in [0, 0.1) is 0 Å². The molecular weight excluding hydrogens is 126 g/mol. The van der Waals surface area contributed by atoms with Crippen molar-refractivity contribution in [2.45, 2.75) is 25.7 Å². The Labute approximate surface area is 60.4 Å². The van der Waals surface area contributed by atoms with Crippen LogP contribution in [0.1, 0.15) is 24.2 Å². The summed E-state index contributed by atoms with van der Waals surface area (Å²) in [6.45, 7) is 0. The highest BCUT2D eigenvalue weighted by atomic mass is 16.5. The van der Waals surface area contributed by atoms with Gasteiger partial charge in [0, 0.05) is 6.42 Å². The second kappa shape index (κ2) is 2.11. The van der Waals surface area contributed by atoms with E-state index >= 15 is 0 Å². The number of rotatable bonds is 0. The molecule has 0 N–H and O–H groups in total. The molecule has 1 heterocycles. The second-order valence-corrected chi connectivity index (χ2v) is 2.92. The van der Waals surface area contributed by atoms with Crippen molar-refractivity contribution in [1.82, 2.24) is 0 Å². The molecule has 0 atom stereocenters. The van der Waals surface area contributed by atoms with Gasteiger partial charge < -0.3 is 0 Å². The lowest BCUT2D eigenvalue weighted by atomic mass is 9.99. The van der Waals surface area contributed by atoms with Crippen LogP contribution in [0.15, 0.2) is 10.7 Å². The quantitative estimate of drug-likeness (QED) is 0.488. The van der Waals surface area contributed by atoms with Crippen molar-refractivity contribution < 1.29 is 9.26 Å². The van der Waals surface area contributed by atoms with Crippen LogP contribution >= 0.6 is 0 Å². The zero-order valence-electron chi connectivity index (χ0n) is 6.26. The normalized spacial score (nSPS) is 16.9. The minimum Gasteiger partial charge on any atom is -0.241 e. The highest BCUT2D eigenvalue weighted by molar-refractivity contribution is 5.13. The molecule has 0 aliphatic heterocycles. The Hall–Kier alpha value is -0.790. The van der Waals surface area contributed by atoms with E-state index in [-0.39, 0.29) is 0 Å². The predicted molar refractivity (Wildman–Crippen MR) is 36.5 cm³/mol. The number of hydrogen-bond acceptors (Lipinski definition) is 1. The molecule has 1 aliphatic rings. The number of hydrogen-bond donors (Lipinski definition) is 0. The third-order valence-electron chi connectivity index (χ3n) is 2.05. The van der Waals surface area contributed by atoms with Gasteiger partial charge in [-0.15, -0.1) is 0 Å². The smallest absolute Gasteiger partial charge is 0.222 e. The maximum Gasteiger partial charge on any atom is 0.222 e. The average molecular weight is 138 g/mol. The summed E-state index contributed by atoms with van der Waals surface area (Å²) >= 11 is 0. The molecule has 2 nitrogen and oxygen atoms in total. The molecule has 0 bridgehead atoms. The summed E-state index contributed by atoms with van der Waals surface area (Å²) in [7, 11) is 1.94. The Bertz CT molecular complexity index is 216. The largest absolute Gasteiger partial charge is 0.241 e. The van der Waals surface area contributed by atoms with Crippen LogP contribution in [-0.2, 0) is 19.9 Å². The van der Waals surface area contributed by atoms with E-state index in [1.165, 1.54) is 30.6 Å². The first-order chi connectivity index (χ1) is 4.86. The summed E-state index contributed by atoms with van der Waals surface area (Å²) in [6.07, 6.45) is 7.05. The molecule has 0 unspecified atom stereocenters. The fourth-order valence-electron chi connectivity index (χ4n) is 1.56. The molecule has 0 saturated carbocycles. The molecule has 0 fully saturated rings. The molecule has 2 rings (SSSR count). The lowest BCUT2D eigenvalue weighted by Gasteiger charge is -2.02. The zero-order chi connectivity index (χ0) is 6.97. The van der Waals surface area contributed by atoms with Gasteiger partial charge in [0.15, 0.2) is 12.8 Å². The van der Waals surface area contributed by atoms with Crippen molar-refractivity contribution in [3.63, 3.8) is 0 Å². The predicted octanol–water partition coefficient (Wildman–Crippen LogP) is 0.983. The molecule has 10 heavy (non-hydrogen) atoms. The van der Waals surface area contributed by atoms with E-state index < -0.39 is 0 Å². The molecular formula is C8H12NO+. The molecule has 54 valence electrons. The summed E-state index contributed by atoms with van der Waals surface area (Å²) in [5, 5.41) is 0. The minimum absolute atomic E-state index is 1.14. The number of fused-ring (bicyclic) bond motifs is 1. The Balaban J connectivity index is 2.41. The van der Waals surface area contributed by atoms with Crippen LogP contribution < -0.4 is 4.74 Å². The highest BCUT2D eigenvalue weighted by Crippen LogP contribution is 2.18. The van der Waals surface area contributed by atoms with Gasteiger partial charge in [0.25, 0.3) is 0 Å². The molecule has 1 aromatic heterocycles. The van der Waals surface area contributed by atoms with Crippen LogP contribution in [0.25, 0.3) is 0 Å². The topological polar surface area (TPSA) is 17.0 Å². The summed E-state index contributed by atoms with van der Waals surface area (Å²) < 4.78 is 7.22. The van der Waals surface area contributed by atoms with E-state index in [1.807, 2.05) is 7.05 Å². The van der Waals surface area contributed by atoms with Gasteiger partial charge in [0.2, 0.25) is 6.20 Å².